The van der Waals surface area contributed by atoms with Crippen molar-refractivity contribution in [2.45, 2.75) is 50.1 Å². The van der Waals surface area contributed by atoms with Gasteiger partial charge in [0, 0.05) is 37.5 Å². The second-order valence-electron chi connectivity index (χ2n) is 10.8. The molecule has 5 heterocycles. The third kappa shape index (κ3) is 4.91. The molecule has 3 aliphatic rings. The third-order valence-corrected chi connectivity index (χ3v) is 7.88. The van der Waals surface area contributed by atoms with Crippen LogP contribution in [-0.4, -0.2) is 63.0 Å². The average molecular weight is 545 g/mol. The topological polar surface area (TPSA) is 76.4 Å². The van der Waals surface area contributed by atoms with Crippen LogP contribution in [0.15, 0.2) is 36.7 Å². The molecule has 0 spiro atoms. The Balaban J connectivity index is 1.29. The number of aromatic nitrogens is 4. The first-order valence-corrected chi connectivity index (χ1v) is 12.9. The van der Waals surface area contributed by atoms with E-state index in [1.54, 1.807) is 11.2 Å². The summed E-state index contributed by atoms with van der Waals surface area (Å²) in [5.41, 5.74) is 0.981. The fourth-order valence-corrected chi connectivity index (χ4v) is 5.65. The number of fused-ring (bicyclic) bond motifs is 1. The molecular weight excluding hydrogens is 516 g/mol. The van der Waals surface area contributed by atoms with Crippen LogP contribution in [0.5, 0.6) is 0 Å². The Labute approximate surface area is 222 Å². The standard InChI is InChI=1S/C27H28F4N6O2/c1-35-16-32-34-24(35)10-26(14-39-15-26)19-5-4-18-12-37(25(38)21(18)9-19)23-8-17(7-22(33-23)27(29,30)31)11-36-6-2-3-20(28)13-36/h4-5,7-9,16,20H,2-3,6,10-15H2,1H3. The predicted molar refractivity (Wildman–Crippen MR) is 133 cm³/mol. The summed E-state index contributed by atoms with van der Waals surface area (Å²) in [5.74, 6) is 0.331. The number of benzene rings is 1. The van der Waals surface area contributed by atoms with Gasteiger partial charge in [0.25, 0.3) is 5.91 Å². The van der Waals surface area contributed by atoms with Crippen molar-refractivity contribution in [3.8, 4) is 0 Å². The van der Waals surface area contributed by atoms with Gasteiger partial charge >= 0.3 is 6.18 Å². The second kappa shape index (κ2) is 9.67. The van der Waals surface area contributed by atoms with Crippen LogP contribution in [0.2, 0.25) is 0 Å². The van der Waals surface area contributed by atoms with E-state index in [1.807, 2.05) is 29.8 Å². The molecule has 6 rings (SSSR count). The Kier molecular flexibility index (Phi) is 6.41. The number of carbonyl (C=O) groups is 1. The molecule has 39 heavy (non-hydrogen) atoms. The highest BCUT2D eigenvalue weighted by Crippen LogP contribution is 2.39. The molecule has 1 aromatic carbocycles. The van der Waals surface area contributed by atoms with Gasteiger partial charge in [0.1, 0.15) is 29.8 Å². The van der Waals surface area contributed by atoms with Crippen molar-refractivity contribution in [3.63, 3.8) is 0 Å². The Bertz CT molecular complexity index is 1400. The van der Waals surface area contributed by atoms with Gasteiger partial charge in [-0.1, -0.05) is 12.1 Å². The first-order valence-electron chi connectivity index (χ1n) is 12.9. The highest BCUT2D eigenvalue weighted by atomic mass is 19.4. The summed E-state index contributed by atoms with van der Waals surface area (Å²) < 4.78 is 62.7. The quantitative estimate of drug-likeness (QED) is 0.439. The molecule has 0 bridgehead atoms. The number of alkyl halides is 4. The van der Waals surface area contributed by atoms with Crippen LogP contribution in [0, 0.1) is 0 Å². The van der Waals surface area contributed by atoms with E-state index in [4.69, 9.17) is 4.74 Å². The van der Waals surface area contributed by atoms with E-state index < -0.39 is 23.9 Å². The van der Waals surface area contributed by atoms with Crippen molar-refractivity contribution in [1.29, 1.82) is 0 Å². The van der Waals surface area contributed by atoms with Gasteiger partial charge < -0.3 is 9.30 Å². The molecule has 3 aromatic rings. The Morgan fingerprint density at radius 2 is 2.00 bits per heavy atom. The third-order valence-electron chi connectivity index (χ3n) is 7.88. The number of aryl methyl sites for hydroxylation is 1. The lowest BCUT2D eigenvalue weighted by Crippen LogP contribution is -2.49. The number of hydrogen-bond acceptors (Lipinski definition) is 6. The number of likely N-dealkylation sites (tertiary alicyclic amines) is 1. The van der Waals surface area contributed by atoms with Gasteiger partial charge in [-0.25, -0.2) is 9.37 Å². The summed E-state index contributed by atoms with van der Waals surface area (Å²) >= 11 is 0. The maximum Gasteiger partial charge on any atom is 0.433 e. The van der Waals surface area contributed by atoms with Gasteiger partial charge in [0.05, 0.1) is 19.8 Å². The molecule has 2 fully saturated rings. The largest absolute Gasteiger partial charge is 0.433 e. The molecule has 12 heteroatoms. The summed E-state index contributed by atoms with van der Waals surface area (Å²) in [6.45, 7) is 1.98. The zero-order chi connectivity index (χ0) is 27.4. The number of hydrogen-bond donors (Lipinski definition) is 0. The SMILES string of the molecule is Cn1cnnc1CC1(c2ccc3c(c2)C(=O)N(c2cc(CN4CCCC(F)C4)cc(C(F)(F)F)n2)C3)COC1. The molecule has 2 aromatic heterocycles. The monoisotopic (exact) mass is 544 g/mol. The molecule has 2 saturated heterocycles. The summed E-state index contributed by atoms with van der Waals surface area (Å²) in [6, 6.07) is 8.12. The number of piperidine rings is 1. The molecule has 0 aliphatic carbocycles. The number of halogens is 4. The Hall–Kier alpha value is -3.38. The number of amides is 1. The lowest BCUT2D eigenvalue weighted by Gasteiger charge is -2.41. The minimum Gasteiger partial charge on any atom is -0.379 e. The average Bonchev–Trinajstić information content (AvgIpc) is 3.42. The van der Waals surface area contributed by atoms with Crippen molar-refractivity contribution in [2.24, 2.45) is 7.05 Å². The minimum absolute atomic E-state index is 0.0582. The Morgan fingerprint density at radius 1 is 1.18 bits per heavy atom. The smallest absolute Gasteiger partial charge is 0.379 e. The van der Waals surface area contributed by atoms with E-state index in [-0.39, 0.29) is 30.9 Å². The van der Waals surface area contributed by atoms with Crippen LogP contribution in [-0.2, 0) is 42.9 Å². The lowest BCUT2D eigenvalue weighted by molar-refractivity contribution is -0.141. The van der Waals surface area contributed by atoms with Crippen LogP contribution in [0.4, 0.5) is 23.4 Å². The number of rotatable bonds is 6. The van der Waals surface area contributed by atoms with Crippen molar-refractivity contribution in [1.82, 2.24) is 24.6 Å². The molecule has 0 N–H and O–H groups in total. The summed E-state index contributed by atoms with van der Waals surface area (Å²) in [4.78, 5) is 20.5. The van der Waals surface area contributed by atoms with E-state index in [9.17, 15) is 22.4 Å². The lowest BCUT2D eigenvalue weighted by atomic mass is 9.75. The maximum absolute atomic E-state index is 13.9. The van der Waals surface area contributed by atoms with Crippen molar-refractivity contribution < 1.29 is 27.1 Å². The summed E-state index contributed by atoms with van der Waals surface area (Å²) in [5, 5.41) is 8.13. The molecule has 3 aliphatic heterocycles. The minimum atomic E-state index is -4.69. The van der Waals surface area contributed by atoms with Gasteiger partial charge in [-0.2, -0.15) is 13.2 Å². The van der Waals surface area contributed by atoms with Crippen LogP contribution in [0.3, 0.4) is 0 Å². The molecule has 1 unspecified atom stereocenters. The van der Waals surface area contributed by atoms with Gasteiger partial charge in [-0.15, -0.1) is 10.2 Å². The molecule has 206 valence electrons. The summed E-state index contributed by atoms with van der Waals surface area (Å²) in [7, 11) is 1.87. The molecule has 8 nitrogen and oxygen atoms in total. The number of ether oxygens (including phenoxy) is 1. The zero-order valence-electron chi connectivity index (χ0n) is 21.4. The normalized spacial score (nSPS) is 21.2. The fourth-order valence-electron chi connectivity index (χ4n) is 5.65. The van der Waals surface area contributed by atoms with E-state index in [0.717, 1.165) is 23.0 Å². The van der Waals surface area contributed by atoms with Gasteiger partial charge in [0.15, 0.2) is 0 Å². The number of carbonyl (C=O) groups excluding carboxylic acids is 1. The van der Waals surface area contributed by atoms with Crippen molar-refractivity contribution in [2.75, 3.05) is 31.2 Å². The van der Waals surface area contributed by atoms with Crippen LogP contribution in [0.25, 0.3) is 0 Å². The van der Waals surface area contributed by atoms with Gasteiger partial charge in [-0.05, 0) is 54.3 Å². The number of nitrogens with zero attached hydrogens (tertiary/aromatic N) is 6. The molecule has 0 saturated carbocycles. The molecular formula is C27H28F4N6O2. The Morgan fingerprint density at radius 3 is 2.67 bits per heavy atom. The van der Waals surface area contributed by atoms with E-state index in [0.29, 0.717) is 50.1 Å². The van der Waals surface area contributed by atoms with Gasteiger partial charge in [-0.3, -0.25) is 14.6 Å². The first kappa shape index (κ1) is 25.9. The van der Waals surface area contributed by atoms with E-state index in [1.165, 1.54) is 11.0 Å². The number of anilines is 1. The van der Waals surface area contributed by atoms with E-state index >= 15 is 0 Å². The zero-order valence-corrected chi connectivity index (χ0v) is 21.4. The highest BCUT2D eigenvalue weighted by Gasteiger charge is 2.43. The van der Waals surface area contributed by atoms with Crippen LogP contribution >= 0.6 is 0 Å². The second-order valence-corrected chi connectivity index (χ2v) is 10.8. The first-order chi connectivity index (χ1) is 18.6. The van der Waals surface area contributed by atoms with Gasteiger partial charge in [0.2, 0.25) is 0 Å². The maximum atomic E-state index is 13.9. The highest BCUT2D eigenvalue weighted by molar-refractivity contribution is 6.09. The fraction of sp³-hybridized carbons (Fsp3) is 0.481. The van der Waals surface area contributed by atoms with Crippen molar-refractivity contribution in [3.05, 3.63) is 70.4 Å². The van der Waals surface area contributed by atoms with E-state index in [2.05, 4.69) is 15.2 Å². The predicted octanol–water partition coefficient (Wildman–Crippen LogP) is 3.83. The summed E-state index contributed by atoms with van der Waals surface area (Å²) in [6.07, 6.45) is -2.37. The van der Waals surface area contributed by atoms with Crippen LogP contribution < -0.4 is 4.90 Å². The molecule has 0 radical (unpaired) electrons. The van der Waals surface area contributed by atoms with Crippen molar-refractivity contribution >= 4 is 11.7 Å². The molecule has 1 amide bonds. The molecule has 1 atom stereocenters. The number of pyridine rings is 1. The van der Waals surface area contributed by atoms with Crippen LogP contribution in [0.1, 0.15) is 51.4 Å².